The molecule has 0 amide bonds. The lowest BCUT2D eigenvalue weighted by atomic mass is 9.91. The van der Waals surface area contributed by atoms with Crippen molar-refractivity contribution in [2.24, 2.45) is 0 Å². The van der Waals surface area contributed by atoms with Gasteiger partial charge in [-0.2, -0.15) is 0 Å². The minimum absolute atomic E-state index is 1.19. The van der Waals surface area contributed by atoms with Crippen molar-refractivity contribution in [3.8, 4) is 0 Å². The fourth-order valence-electron chi connectivity index (χ4n) is 5.87. The van der Waals surface area contributed by atoms with Crippen molar-refractivity contribution in [2.75, 3.05) is 0 Å². The Morgan fingerprint density at radius 2 is 0.848 bits per heavy atom. The smallest absolute Gasteiger partial charge is 0.0544 e. The Balaban J connectivity index is 1.56. The number of H-pyrrole nitrogens is 1. The third-order valence-corrected chi connectivity index (χ3v) is 7.38. The van der Waals surface area contributed by atoms with Crippen molar-refractivity contribution in [3.05, 3.63) is 109 Å². The van der Waals surface area contributed by atoms with E-state index < -0.39 is 0 Å². The van der Waals surface area contributed by atoms with Crippen LogP contribution in [0.15, 0.2) is 109 Å². The molecule has 1 heterocycles. The van der Waals surface area contributed by atoms with Crippen molar-refractivity contribution in [1.82, 2.24) is 4.98 Å². The van der Waals surface area contributed by atoms with E-state index in [4.69, 9.17) is 0 Å². The molecule has 8 aromatic rings. The van der Waals surface area contributed by atoms with Gasteiger partial charge in [-0.25, -0.2) is 0 Å². The highest BCUT2D eigenvalue weighted by Gasteiger charge is 2.13. The summed E-state index contributed by atoms with van der Waals surface area (Å²) >= 11 is 0. The Morgan fingerprint density at radius 3 is 1.73 bits per heavy atom. The first kappa shape index (κ1) is 17.2. The molecule has 0 unspecified atom stereocenters. The van der Waals surface area contributed by atoms with Crippen LogP contribution in [0.3, 0.4) is 0 Å². The molecule has 1 N–H and O–H groups in total. The van der Waals surface area contributed by atoms with E-state index in [-0.39, 0.29) is 0 Å². The monoisotopic (exact) mass is 417 g/mol. The topological polar surface area (TPSA) is 15.8 Å². The Hall–Kier alpha value is -4.36. The fraction of sp³-hybridized carbons (Fsp3) is 0. The van der Waals surface area contributed by atoms with Crippen molar-refractivity contribution in [3.63, 3.8) is 0 Å². The van der Waals surface area contributed by atoms with E-state index in [1.165, 1.54) is 75.7 Å². The van der Waals surface area contributed by atoms with E-state index in [0.717, 1.165) is 0 Å². The lowest BCUT2D eigenvalue weighted by Crippen LogP contribution is -1.85. The van der Waals surface area contributed by atoms with Crippen molar-refractivity contribution < 1.29 is 0 Å². The molecule has 7 aromatic carbocycles. The Morgan fingerprint density at radius 1 is 0.333 bits per heavy atom. The van der Waals surface area contributed by atoms with Crippen LogP contribution in [0.2, 0.25) is 0 Å². The molecule has 1 nitrogen and oxygen atoms in total. The van der Waals surface area contributed by atoms with Gasteiger partial charge in [-0.1, -0.05) is 103 Å². The molecule has 0 atom stereocenters. The van der Waals surface area contributed by atoms with Gasteiger partial charge in [0.15, 0.2) is 0 Å². The maximum absolute atomic E-state index is 3.68. The Bertz CT molecular complexity index is 2070. The summed E-state index contributed by atoms with van der Waals surface area (Å²) in [6.45, 7) is 0. The number of hydrogen-bond acceptors (Lipinski definition) is 0. The third kappa shape index (κ3) is 2.21. The second-order valence-electron chi connectivity index (χ2n) is 9.03. The number of aromatic nitrogens is 1. The summed E-state index contributed by atoms with van der Waals surface area (Å²) in [7, 11) is 0. The average molecular weight is 418 g/mol. The van der Waals surface area contributed by atoms with Crippen LogP contribution < -0.4 is 0 Å². The minimum Gasteiger partial charge on any atom is -0.354 e. The number of nitrogens with one attached hydrogen (secondary N) is 1. The van der Waals surface area contributed by atoms with Crippen LogP contribution in [0.4, 0.5) is 0 Å². The molecule has 33 heavy (non-hydrogen) atoms. The van der Waals surface area contributed by atoms with Crippen molar-refractivity contribution >= 4 is 75.7 Å². The molecule has 0 aliphatic heterocycles. The number of aromatic amines is 1. The molecular weight excluding hydrogens is 398 g/mol. The molecule has 0 spiro atoms. The summed E-state index contributed by atoms with van der Waals surface area (Å²) in [5.41, 5.74) is 2.41. The van der Waals surface area contributed by atoms with Gasteiger partial charge in [0, 0.05) is 21.7 Å². The van der Waals surface area contributed by atoms with Gasteiger partial charge in [0.1, 0.15) is 0 Å². The molecule has 0 aliphatic rings. The number of rotatable bonds is 0. The molecule has 0 saturated heterocycles. The molecule has 0 bridgehead atoms. The van der Waals surface area contributed by atoms with E-state index in [0.29, 0.717) is 0 Å². The predicted molar refractivity (Wildman–Crippen MR) is 143 cm³/mol. The standard InChI is InChI=1S/C32H19N/c1-2-6-21-19(5-1)9-12-23-22(21)15-16-26-24(23)13-10-20-11-14-29-27(31(20)26)17-18-28-25-7-3-4-8-30(25)33-32(28)29/h1-18,33H. The SMILES string of the molecule is c1ccc2c(c1)ccc1c2ccc2c1ccc1ccc3c(ccc4c5ccccc5[nH]c43)c12. The van der Waals surface area contributed by atoms with Crippen LogP contribution in [-0.2, 0) is 0 Å². The lowest BCUT2D eigenvalue weighted by molar-refractivity contribution is 1.56. The number of fused-ring (bicyclic) bond motifs is 13. The lowest BCUT2D eigenvalue weighted by Gasteiger charge is -2.12. The van der Waals surface area contributed by atoms with Crippen LogP contribution in [0.5, 0.6) is 0 Å². The van der Waals surface area contributed by atoms with Gasteiger partial charge in [0.25, 0.3) is 0 Å². The maximum atomic E-state index is 3.68. The average Bonchev–Trinajstić information content (AvgIpc) is 3.26. The highest BCUT2D eigenvalue weighted by molar-refractivity contribution is 6.30. The number of benzene rings is 7. The highest BCUT2D eigenvalue weighted by Crippen LogP contribution is 2.40. The summed E-state index contributed by atoms with van der Waals surface area (Å²) in [5.74, 6) is 0. The number of hydrogen-bond donors (Lipinski definition) is 1. The van der Waals surface area contributed by atoms with Crippen molar-refractivity contribution in [2.45, 2.75) is 0 Å². The van der Waals surface area contributed by atoms with Crippen molar-refractivity contribution in [1.29, 1.82) is 0 Å². The highest BCUT2D eigenvalue weighted by atomic mass is 14.7. The quantitative estimate of drug-likeness (QED) is 0.237. The minimum atomic E-state index is 1.19. The van der Waals surface area contributed by atoms with Gasteiger partial charge in [-0.05, 0) is 54.5 Å². The summed E-state index contributed by atoms with van der Waals surface area (Å²) in [4.78, 5) is 3.68. The molecule has 0 radical (unpaired) electrons. The van der Waals surface area contributed by atoms with Crippen LogP contribution in [0, 0.1) is 0 Å². The summed E-state index contributed by atoms with van der Waals surface area (Å²) in [5, 5.41) is 15.6. The molecule has 0 saturated carbocycles. The normalized spacial score (nSPS) is 12.2. The number of para-hydroxylation sites is 1. The van der Waals surface area contributed by atoms with E-state index in [1.54, 1.807) is 0 Å². The van der Waals surface area contributed by atoms with E-state index in [9.17, 15) is 0 Å². The molecule has 152 valence electrons. The van der Waals surface area contributed by atoms with Gasteiger partial charge in [0.2, 0.25) is 0 Å². The molecule has 0 fully saturated rings. The first-order valence-corrected chi connectivity index (χ1v) is 11.5. The van der Waals surface area contributed by atoms with E-state index in [1.807, 2.05) is 0 Å². The van der Waals surface area contributed by atoms with Gasteiger partial charge in [-0.15, -0.1) is 0 Å². The van der Waals surface area contributed by atoms with Gasteiger partial charge < -0.3 is 4.98 Å². The first-order valence-electron chi connectivity index (χ1n) is 11.5. The zero-order valence-corrected chi connectivity index (χ0v) is 17.9. The molecule has 0 aliphatic carbocycles. The second-order valence-corrected chi connectivity index (χ2v) is 9.03. The second kappa shape index (κ2) is 6.11. The largest absolute Gasteiger partial charge is 0.354 e. The Kier molecular flexibility index (Phi) is 3.19. The van der Waals surface area contributed by atoms with Gasteiger partial charge >= 0.3 is 0 Å². The van der Waals surface area contributed by atoms with E-state index >= 15 is 0 Å². The van der Waals surface area contributed by atoms with E-state index in [2.05, 4.69) is 114 Å². The zero-order valence-electron chi connectivity index (χ0n) is 17.9. The predicted octanol–water partition coefficient (Wildman–Crippen LogP) is 9.09. The molecular formula is C32H19N. The molecule has 8 rings (SSSR count). The third-order valence-electron chi connectivity index (χ3n) is 7.38. The van der Waals surface area contributed by atoms with Crippen LogP contribution >= 0.6 is 0 Å². The summed E-state index contributed by atoms with van der Waals surface area (Å²) in [6, 6.07) is 40.1. The van der Waals surface area contributed by atoms with Gasteiger partial charge in [-0.3, -0.25) is 0 Å². The first-order chi connectivity index (χ1) is 16.4. The van der Waals surface area contributed by atoms with Crippen LogP contribution in [0.1, 0.15) is 0 Å². The van der Waals surface area contributed by atoms with Crippen LogP contribution in [-0.4, -0.2) is 4.98 Å². The molecule has 1 heteroatoms. The molecule has 1 aromatic heterocycles. The zero-order chi connectivity index (χ0) is 21.5. The Labute approximate surface area is 189 Å². The summed E-state index contributed by atoms with van der Waals surface area (Å²) < 4.78 is 0. The van der Waals surface area contributed by atoms with Gasteiger partial charge in [0.05, 0.1) is 5.52 Å². The summed E-state index contributed by atoms with van der Waals surface area (Å²) in [6.07, 6.45) is 0. The maximum Gasteiger partial charge on any atom is 0.0544 e. The van der Waals surface area contributed by atoms with Crippen LogP contribution in [0.25, 0.3) is 75.7 Å². The fourth-order valence-corrected chi connectivity index (χ4v) is 5.87.